The summed E-state index contributed by atoms with van der Waals surface area (Å²) < 4.78 is 1.03. The summed E-state index contributed by atoms with van der Waals surface area (Å²) in [5.74, 6) is 0. The van der Waals surface area contributed by atoms with Gasteiger partial charge < -0.3 is 0 Å². The molecular formula is C15H12Br2Cl2. The standard InChI is InChI=1S/C15H12Br2Cl2/c1-8-6-14(19)9(2)5-11(8)15(17)12-7-10(18)3-4-13(12)16/h3-7,15H,1-2H3. The van der Waals surface area contributed by atoms with Gasteiger partial charge in [-0.1, -0.05) is 61.1 Å². The van der Waals surface area contributed by atoms with Crippen LogP contribution in [0.15, 0.2) is 34.8 Å². The highest BCUT2D eigenvalue weighted by Crippen LogP contribution is 2.39. The van der Waals surface area contributed by atoms with Crippen LogP contribution < -0.4 is 0 Å². The van der Waals surface area contributed by atoms with Crippen molar-refractivity contribution in [3.63, 3.8) is 0 Å². The smallest absolute Gasteiger partial charge is 0.0658 e. The monoisotopic (exact) mass is 420 g/mol. The molecule has 19 heavy (non-hydrogen) atoms. The topological polar surface area (TPSA) is 0 Å². The van der Waals surface area contributed by atoms with Gasteiger partial charge in [0.05, 0.1) is 4.83 Å². The van der Waals surface area contributed by atoms with Crippen molar-refractivity contribution in [2.45, 2.75) is 18.7 Å². The average Bonchev–Trinajstić information content (AvgIpc) is 2.36. The van der Waals surface area contributed by atoms with Crippen LogP contribution >= 0.6 is 55.1 Å². The number of hydrogen-bond donors (Lipinski definition) is 0. The molecule has 0 aliphatic heterocycles. The van der Waals surface area contributed by atoms with Gasteiger partial charge in [-0.05, 0) is 60.4 Å². The number of hydrogen-bond acceptors (Lipinski definition) is 0. The summed E-state index contributed by atoms with van der Waals surface area (Å²) in [5, 5.41) is 1.53. The molecule has 2 rings (SSSR count). The third kappa shape index (κ3) is 3.36. The predicted molar refractivity (Wildman–Crippen MR) is 90.8 cm³/mol. The second-order valence-electron chi connectivity index (χ2n) is 4.49. The zero-order chi connectivity index (χ0) is 14.2. The second-order valence-corrected chi connectivity index (χ2v) is 7.10. The molecule has 0 N–H and O–H groups in total. The first-order chi connectivity index (χ1) is 8.90. The fourth-order valence-electron chi connectivity index (χ4n) is 1.95. The predicted octanol–water partition coefficient (Wildman–Crippen LogP) is 6.86. The Morgan fingerprint density at radius 2 is 1.63 bits per heavy atom. The van der Waals surface area contributed by atoms with Gasteiger partial charge >= 0.3 is 0 Å². The third-order valence-electron chi connectivity index (χ3n) is 3.05. The Morgan fingerprint density at radius 3 is 2.32 bits per heavy atom. The van der Waals surface area contributed by atoms with Crippen molar-refractivity contribution in [2.75, 3.05) is 0 Å². The van der Waals surface area contributed by atoms with Crippen LogP contribution in [0, 0.1) is 13.8 Å². The number of halogens is 4. The first-order valence-corrected chi connectivity index (χ1v) is 8.22. The molecule has 0 fully saturated rings. The molecule has 0 amide bonds. The Morgan fingerprint density at radius 1 is 0.947 bits per heavy atom. The summed E-state index contributed by atoms with van der Waals surface area (Å²) in [6, 6.07) is 9.91. The first kappa shape index (κ1) is 15.4. The molecule has 2 aromatic rings. The zero-order valence-electron chi connectivity index (χ0n) is 10.5. The third-order valence-corrected chi connectivity index (χ3v) is 5.40. The molecule has 0 nitrogen and oxygen atoms in total. The van der Waals surface area contributed by atoms with Crippen LogP contribution in [-0.2, 0) is 0 Å². The number of benzene rings is 2. The van der Waals surface area contributed by atoms with E-state index in [1.807, 2.05) is 31.2 Å². The van der Waals surface area contributed by atoms with Gasteiger partial charge in [0, 0.05) is 14.5 Å². The highest BCUT2D eigenvalue weighted by molar-refractivity contribution is 9.11. The van der Waals surface area contributed by atoms with E-state index in [1.165, 1.54) is 5.56 Å². The van der Waals surface area contributed by atoms with Gasteiger partial charge in [-0.15, -0.1) is 0 Å². The minimum absolute atomic E-state index is 0.0801. The molecular weight excluding hydrogens is 411 g/mol. The first-order valence-electron chi connectivity index (χ1n) is 5.76. The molecule has 0 aromatic heterocycles. The average molecular weight is 423 g/mol. The van der Waals surface area contributed by atoms with E-state index in [0.29, 0.717) is 0 Å². The Balaban J connectivity index is 2.52. The van der Waals surface area contributed by atoms with Gasteiger partial charge in [0.25, 0.3) is 0 Å². The van der Waals surface area contributed by atoms with E-state index >= 15 is 0 Å². The van der Waals surface area contributed by atoms with Crippen molar-refractivity contribution in [1.29, 1.82) is 0 Å². The van der Waals surface area contributed by atoms with Crippen LogP contribution in [0.5, 0.6) is 0 Å². The van der Waals surface area contributed by atoms with Crippen LogP contribution in [0.25, 0.3) is 0 Å². The highest BCUT2D eigenvalue weighted by Gasteiger charge is 2.17. The maximum atomic E-state index is 6.15. The summed E-state index contributed by atoms with van der Waals surface area (Å²) >= 11 is 19.6. The molecule has 0 radical (unpaired) electrons. The molecule has 1 unspecified atom stereocenters. The van der Waals surface area contributed by atoms with E-state index in [1.54, 1.807) is 0 Å². The molecule has 0 spiro atoms. The Bertz CT molecular complexity index is 624. The molecule has 4 heteroatoms. The quantitative estimate of drug-likeness (QED) is 0.464. The van der Waals surface area contributed by atoms with Gasteiger partial charge in [-0.25, -0.2) is 0 Å². The van der Waals surface area contributed by atoms with Crippen molar-refractivity contribution in [1.82, 2.24) is 0 Å². The largest absolute Gasteiger partial charge is 0.0843 e. The Labute approximate surface area is 140 Å². The van der Waals surface area contributed by atoms with E-state index in [9.17, 15) is 0 Å². The summed E-state index contributed by atoms with van der Waals surface area (Å²) in [4.78, 5) is 0.0801. The van der Waals surface area contributed by atoms with Crippen molar-refractivity contribution in [3.8, 4) is 0 Å². The Hall–Kier alpha value is -0.0200. The van der Waals surface area contributed by atoms with E-state index in [4.69, 9.17) is 23.2 Å². The van der Waals surface area contributed by atoms with Crippen LogP contribution in [0.2, 0.25) is 10.0 Å². The van der Waals surface area contributed by atoms with E-state index < -0.39 is 0 Å². The summed E-state index contributed by atoms with van der Waals surface area (Å²) in [5.41, 5.74) is 4.54. The molecule has 100 valence electrons. The van der Waals surface area contributed by atoms with Crippen molar-refractivity contribution < 1.29 is 0 Å². The van der Waals surface area contributed by atoms with E-state index in [-0.39, 0.29) is 4.83 Å². The lowest BCUT2D eigenvalue weighted by atomic mass is 9.98. The van der Waals surface area contributed by atoms with E-state index in [0.717, 1.165) is 31.2 Å². The molecule has 0 saturated heterocycles. The number of aryl methyl sites for hydroxylation is 2. The van der Waals surface area contributed by atoms with Gasteiger partial charge in [0.15, 0.2) is 0 Å². The molecule has 0 heterocycles. The molecule has 1 atom stereocenters. The van der Waals surface area contributed by atoms with Crippen molar-refractivity contribution in [3.05, 3.63) is 67.1 Å². The van der Waals surface area contributed by atoms with Gasteiger partial charge in [0.2, 0.25) is 0 Å². The van der Waals surface area contributed by atoms with Crippen molar-refractivity contribution in [2.24, 2.45) is 0 Å². The fraction of sp³-hybridized carbons (Fsp3) is 0.200. The van der Waals surface area contributed by atoms with Crippen LogP contribution in [0.3, 0.4) is 0 Å². The van der Waals surface area contributed by atoms with Crippen LogP contribution in [-0.4, -0.2) is 0 Å². The molecule has 0 bridgehead atoms. The van der Waals surface area contributed by atoms with Crippen molar-refractivity contribution >= 4 is 55.1 Å². The zero-order valence-corrected chi connectivity index (χ0v) is 15.2. The van der Waals surface area contributed by atoms with Gasteiger partial charge in [-0.3, -0.25) is 0 Å². The van der Waals surface area contributed by atoms with E-state index in [2.05, 4.69) is 44.8 Å². The molecule has 0 saturated carbocycles. The SMILES string of the molecule is Cc1cc(C(Br)c2cc(Cl)ccc2Br)c(C)cc1Cl. The van der Waals surface area contributed by atoms with Gasteiger partial charge in [-0.2, -0.15) is 0 Å². The minimum atomic E-state index is 0.0801. The molecule has 0 aliphatic carbocycles. The number of alkyl halides is 1. The number of rotatable bonds is 2. The maximum absolute atomic E-state index is 6.15. The van der Waals surface area contributed by atoms with Crippen LogP contribution in [0.1, 0.15) is 27.1 Å². The summed E-state index contributed by atoms with van der Waals surface area (Å²) in [7, 11) is 0. The lowest BCUT2D eigenvalue weighted by molar-refractivity contribution is 1.12. The molecule has 0 aliphatic rings. The maximum Gasteiger partial charge on any atom is 0.0658 e. The van der Waals surface area contributed by atoms with Crippen LogP contribution in [0.4, 0.5) is 0 Å². The Kier molecular flexibility index (Phi) is 4.99. The summed E-state index contributed by atoms with van der Waals surface area (Å²) in [6.45, 7) is 4.07. The minimum Gasteiger partial charge on any atom is -0.0843 e. The lowest BCUT2D eigenvalue weighted by Gasteiger charge is -2.17. The second kappa shape index (κ2) is 6.17. The normalized spacial score (nSPS) is 12.5. The highest BCUT2D eigenvalue weighted by atomic mass is 79.9. The molecule has 2 aromatic carbocycles. The lowest BCUT2D eigenvalue weighted by Crippen LogP contribution is -1.98. The van der Waals surface area contributed by atoms with Gasteiger partial charge in [0.1, 0.15) is 0 Å². The fourth-order valence-corrected chi connectivity index (χ4v) is 4.01. The summed E-state index contributed by atoms with van der Waals surface area (Å²) in [6.07, 6.45) is 0.